The van der Waals surface area contributed by atoms with Crippen molar-refractivity contribution in [1.29, 1.82) is 0 Å². The first-order chi connectivity index (χ1) is 18.7. The minimum absolute atomic E-state index is 0.123. The number of hydrogen-bond acceptors (Lipinski definition) is 12. The molecular weight excluding hydrogens is 539 g/mol. The first-order valence-electron chi connectivity index (χ1n) is 12.2. The number of anilines is 6. The lowest BCUT2D eigenvalue weighted by molar-refractivity contribution is 0.783. The zero-order valence-electron chi connectivity index (χ0n) is 21.6. The van der Waals surface area contributed by atoms with Crippen LogP contribution in [0.5, 0.6) is 0 Å². The zero-order chi connectivity index (χ0) is 27.8. The van der Waals surface area contributed by atoms with E-state index >= 15 is 0 Å². The fraction of sp³-hybridized carbons (Fsp3) is 0.280. The van der Waals surface area contributed by atoms with Crippen molar-refractivity contribution in [2.75, 3.05) is 65.6 Å². The molecule has 4 rings (SSSR count). The molecule has 0 atom stereocenters. The molecule has 0 saturated heterocycles. The summed E-state index contributed by atoms with van der Waals surface area (Å²) in [4.78, 5) is 29.7. The highest BCUT2D eigenvalue weighted by Gasteiger charge is 2.13. The molecule has 0 unspecified atom stereocenters. The van der Waals surface area contributed by atoms with Crippen LogP contribution in [0.2, 0.25) is 10.0 Å². The molecule has 2 aromatic heterocycles. The van der Waals surface area contributed by atoms with Crippen LogP contribution in [0.3, 0.4) is 0 Å². The van der Waals surface area contributed by atoms with E-state index in [1.165, 1.54) is 0 Å². The van der Waals surface area contributed by atoms with E-state index in [1.54, 1.807) is 0 Å². The number of halogens is 2. The minimum Gasteiger partial charge on any atom is -0.368 e. The van der Waals surface area contributed by atoms with Crippen molar-refractivity contribution in [3.05, 3.63) is 69.7 Å². The lowest BCUT2D eigenvalue weighted by Gasteiger charge is -2.23. The van der Waals surface area contributed by atoms with E-state index in [0.29, 0.717) is 60.0 Å². The first kappa shape index (κ1) is 27.9. The first-order valence-corrected chi connectivity index (χ1v) is 12.9. The maximum atomic E-state index is 5.95. The van der Waals surface area contributed by atoms with Gasteiger partial charge in [-0.15, -0.1) is 0 Å². The van der Waals surface area contributed by atoms with Crippen molar-refractivity contribution in [3.63, 3.8) is 0 Å². The third kappa shape index (κ3) is 8.42. The number of nitrogens with one attached hydrogen (secondary N) is 2. The molecule has 204 valence electrons. The number of nitrogen functional groups attached to an aromatic ring is 2. The van der Waals surface area contributed by atoms with E-state index in [-0.39, 0.29) is 11.9 Å². The quantitative estimate of drug-likeness (QED) is 0.197. The molecule has 0 aliphatic heterocycles. The highest BCUT2D eigenvalue weighted by Crippen LogP contribution is 2.15. The Morgan fingerprint density at radius 3 is 1.62 bits per heavy atom. The molecule has 0 amide bonds. The number of aromatic nitrogens is 6. The standard InChI is InChI=1S/C25H30Cl2N12/c1-38(24-34-20(28)32-22(36-24)30-12-11-16-3-7-18(26)8-4-16)13-14-39(2)25-35-21(29)33-23(37-25)31-15-17-5-9-19(27)10-6-17/h3-10H,11-15H2,1-2H3,(H3,28,30,32,34,36)(H3,29,31,33,35,37). The van der Waals surface area contributed by atoms with Gasteiger partial charge in [-0.3, -0.25) is 0 Å². The Balaban J connectivity index is 1.32. The van der Waals surface area contributed by atoms with E-state index in [2.05, 4.69) is 40.5 Å². The van der Waals surface area contributed by atoms with E-state index < -0.39 is 0 Å². The van der Waals surface area contributed by atoms with Crippen molar-refractivity contribution < 1.29 is 0 Å². The Hall–Kier alpha value is -4.16. The Morgan fingerprint density at radius 1 is 0.641 bits per heavy atom. The fourth-order valence-electron chi connectivity index (χ4n) is 3.51. The summed E-state index contributed by atoms with van der Waals surface area (Å²) in [7, 11) is 3.75. The molecule has 0 bridgehead atoms. The van der Waals surface area contributed by atoms with Crippen molar-refractivity contribution in [2.24, 2.45) is 0 Å². The molecule has 14 heteroatoms. The van der Waals surface area contributed by atoms with Gasteiger partial charge in [-0.1, -0.05) is 47.5 Å². The number of benzene rings is 2. The second-order valence-corrected chi connectivity index (χ2v) is 9.63. The van der Waals surface area contributed by atoms with Gasteiger partial charge >= 0.3 is 0 Å². The van der Waals surface area contributed by atoms with Crippen molar-refractivity contribution in [1.82, 2.24) is 29.9 Å². The summed E-state index contributed by atoms with van der Waals surface area (Å²) in [5.74, 6) is 1.94. The summed E-state index contributed by atoms with van der Waals surface area (Å²) in [5.41, 5.74) is 14.1. The predicted octanol–water partition coefficient (Wildman–Crippen LogP) is 3.37. The summed E-state index contributed by atoms with van der Waals surface area (Å²) in [6.07, 6.45) is 0.782. The number of rotatable bonds is 12. The summed E-state index contributed by atoms with van der Waals surface area (Å²) in [6.45, 7) is 2.26. The summed E-state index contributed by atoms with van der Waals surface area (Å²) >= 11 is 11.9. The lowest BCUT2D eigenvalue weighted by Crippen LogP contribution is -2.33. The molecule has 39 heavy (non-hydrogen) atoms. The molecule has 2 aromatic carbocycles. The Labute approximate surface area is 236 Å². The third-order valence-electron chi connectivity index (χ3n) is 5.71. The van der Waals surface area contributed by atoms with Crippen LogP contribution in [0.4, 0.5) is 35.7 Å². The summed E-state index contributed by atoms with van der Waals surface area (Å²) in [5, 5.41) is 7.77. The second kappa shape index (κ2) is 13.1. The normalized spacial score (nSPS) is 10.8. The Kier molecular flexibility index (Phi) is 9.34. The average molecular weight is 570 g/mol. The maximum Gasteiger partial charge on any atom is 0.231 e. The molecule has 0 spiro atoms. The van der Waals surface area contributed by atoms with E-state index in [9.17, 15) is 0 Å². The molecule has 0 radical (unpaired) electrons. The van der Waals surface area contributed by atoms with Gasteiger partial charge in [0, 0.05) is 50.3 Å². The number of nitrogens with zero attached hydrogens (tertiary/aromatic N) is 8. The molecule has 0 fully saturated rings. The van der Waals surface area contributed by atoms with Crippen molar-refractivity contribution >= 4 is 58.9 Å². The second-order valence-electron chi connectivity index (χ2n) is 8.76. The van der Waals surface area contributed by atoms with Crippen molar-refractivity contribution in [2.45, 2.75) is 13.0 Å². The van der Waals surface area contributed by atoms with Crippen LogP contribution in [0.15, 0.2) is 48.5 Å². The van der Waals surface area contributed by atoms with Gasteiger partial charge in [0.05, 0.1) is 0 Å². The van der Waals surface area contributed by atoms with Crippen LogP contribution in [0, 0.1) is 0 Å². The average Bonchev–Trinajstić information content (AvgIpc) is 2.91. The molecule has 0 saturated carbocycles. The van der Waals surface area contributed by atoms with E-state index in [1.807, 2.05) is 72.4 Å². The van der Waals surface area contributed by atoms with Crippen LogP contribution < -0.4 is 31.9 Å². The maximum absolute atomic E-state index is 5.95. The third-order valence-corrected chi connectivity index (χ3v) is 6.21. The zero-order valence-corrected chi connectivity index (χ0v) is 23.2. The van der Waals surface area contributed by atoms with Gasteiger partial charge in [-0.25, -0.2) is 0 Å². The van der Waals surface area contributed by atoms with Crippen LogP contribution >= 0.6 is 23.2 Å². The lowest BCUT2D eigenvalue weighted by atomic mass is 10.1. The molecule has 4 aromatic rings. The van der Waals surface area contributed by atoms with Gasteiger partial charge in [0.25, 0.3) is 0 Å². The molecule has 12 nitrogen and oxygen atoms in total. The van der Waals surface area contributed by atoms with Gasteiger partial charge in [0.1, 0.15) is 0 Å². The van der Waals surface area contributed by atoms with Crippen molar-refractivity contribution in [3.8, 4) is 0 Å². The minimum atomic E-state index is 0.123. The predicted molar refractivity (Wildman–Crippen MR) is 157 cm³/mol. The summed E-state index contributed by atoms with van der Waals surface area (Å²) < 4.78 is 0. The van der Waals surface area contributed by atoms with Gasteiger partial charge in [0.15, 0.2) is 0 Å². The van der Waals surface area contributed by atoms with Gasteiger partial charge in [-0.2, -0.15) is 29.9 Å². The van der Waals surface area contributed by atoms with Gasteiger partial charge in [0.2, 0.25) is 35.7 Å². The molecule has 0 aliphatic rings. The highest BCUT2D eigenvalue weighted by molar-refractivity contribution is 6.30. The number of nitrogens with two attached hydrogens (primary N) is 2. The summed E-state index contributed by atoms with van der Waals surface area (Å²) in [6, 6.07) is 15.2. The largest absolute Gasteiger partial charge is 0.368 e. The van der Waals surface area contributed by atoms with Crippen LogP contribution in [-0.4, -0.2) is 63.6 Å². The van der Waals surface area contributed by atoms with Gasteiger partial charge in [-0.05, 0) is 41.8 Å². The number of likely N-dealkylation sites (N-methyl/N-ethyl adjacent to an activating group) is 2. The molecule has 2 heterocycles. The van der Waals surface area contributed by atoms with E-state index in [4.69, 9.17) is 34.7 Å². The highest BCUT2D eigenvalue weighted by atomic mass is 35.5. The monoisotopic (exact) mass is 568 g/mol. The Morgan fingerprint density at radius 2 is 1.10 bits per heavy atom. The van der Waals surface area contributed by atoms with Crippen LogP contribution in [0.1, 0.15) is 11.1 Å². The molecule has 0 aliphatic carbocycles. The van der Waals surface area contributed by atoms with Crippen LogP contribution in [0.25, 0.3) is 0 Å². The molecular formula is C25H30Cl2N12. The van der Waals surface area contributed by atoms with E-state index in [0.717, 1.165) is 17.5 Å². The number of hydrogen-bond donors (Lipinski definition) is 4. The smallest absolute Gasteiger partial charge is 0.231 e. The van der Waals surface area contributed by atoms with Crippen LogP contribution in [-0.2, 0) is 13.0 Å². The fourth-order valence-corrected chi connectivity index (χ4v) is 3.77. The SMILES string of the molecule is CN(CCN(C)c1nc(N)nc(NCc2ccc(Cl)cc2)n1)c1nc(N)nc(NCCc2ccc(Cl)cc2)n1. The molecule has 6 N–H and O–H groups in total. The topological polar surface area (TPSA) is 160 Å². The Bertz CT molecular complexity index is 1370. The van der Waals surface area contributed by atoms with Gasteiger partial charge < -0.3 is 31.9 Å².